The van der Waals surface area contributed by atoms with E-state index in [9.17, 15) is 9.59 Å². The lowest BCUT2D eigenvalue weighted by Gasteiger charge is -2.20. The number of hydrogen-bond acceptors (Lipinski definition) is 5. The summed E-state index contributed by atoms with van der Waals surface area (Å²) in [7, 11) is 1.80. The molecule has 1 fully saturated rings. The number of amides is 2. The van der Waals surface area contributed by atoms with Crippen molar-refractivity contribution < 1.29 is 9.59 Å². The number of carbonyl (C=O) groups excluding carboxylic acids is 2. The van der Waals surface area contributed by atoms with Crippen molar-refractivity contribution in [2.45, 2.75) is 45.1 Å². The first kappa shape index (κ1) is 17.2. The Morgan fingerprint density at radius 3 is 3.04 bits per heavy atom. The third kappa shape index (κ3) is 3.25. The number of anilines is 1. The molecule has 7 nitrogen and oxygen atoms in total. The van der Waals surface area contributed by atoms with Crippen LogP contribution < -0.4 is 4.90 Å². The Morgan fingerprint density at radius 2 is 2.23 bits per heavy atom. The number of nitrogens with one attached hydrogen (secondary N) is 1. The minimum absolute atomic E-state index is 0.00257. The van der Waals surface area contributed by atoms with E-state index < -0.39 is 0 Å². The molecule has 1 unspecified atom stereocenters. The predicted octanol–water partition coefficient (Wildman–Crippen LogP) is 2.15. The van der Waals surface area contributed by atoms with Gasteiger partial charge >= 0.3 is 0 Å². The van der Waals surface area contributed by atoms with E-state index in [1.54, 1.807) is 23.0 Å². The standard InChI is InChI=1S/C18H23N5O2S/c1-22(11-15-13-5-3-2-4-6-14(13)20-21-15)17(25)12-9-16(24)23(10-12)18-19-7-8-26-18/h7-8,12H,2-6,9-11H2,1H3,(H,20,21). The highest BCUT2D eigenvalue weighted by atomic mass is 32.1. The molecule has 0 spiro atoms. The van der Waals surface area contributed by atoms with Gasteiger partial charge in [0.25, 0.3) is 0 Å². The molecule has 2 aromatic heterocycles. The van der Waals surface area contributed by atoms with Gasteiger partial charge in [0, 0.05) is 37.3 Å². The normalized spacial score (nSPS) is 20.1. The van der Waals surface area contributed by atoms with Crippen LogP contribution in [-0.2, 0) is 29.0 Å². The molecule has 1 saturated heterocycles. The molecular weight excluding hydrogens is 350 g/mol. The minimum Gasteiger partial charge on any atom is -0.339 e. The smallest absolute Gasteiger partial charge is 0.229 e. The van der Waals surface area contributed by atoms with Crippen molar-refractivity contribution in [3.8, 4) is 0 Å². The van der Waals surface area contributed by atoms with Crippen molar-refractivity contribution in [2.24, 2.45) is 5.92 Å². The summed E-state index contributed by atoms with van der Waals surface area (Å²) in [6.07, 6.45) is 7.62. The number of nitrogens with zero attached hydrogens (tertiary/aromatic N) is 4. The van der Waals surface area contributed by atoms with Crippen molar-refractivity contribution in [1.82, 2.24) is 20.1 Å². The van der Waals surface area contributed by atoms with Gasteiger partial charge in [-0.25, -0.2) is 4.98 Å². The maximum Gasteiger partial charge on any atom is 0.229 e. The third-order valence-corrected chi connectivity index (χ3v) is 6.07. The van der Waals surface area contributed by atoms with Gasteiger partial charge in [-0.05, 0) is 31.2 Å². The Kier molecular flexibility index (Phi) is 4.76. The van der Waals surface area contributed by atoms with Crippen LogP contribution in [0.25, 0.3) is 0 Å². The van der Waals surface area contributed by atoms with E-state index in [1.807, 2.05) is 5.38 Å². The second-order valence-electron chi connectivity index (χ2n) is 7.10. The summed E-state index contributed by atoms with van der Waals surface area (Å²) in [5.41, 5.74) is 3.48. The number of thiazole rings is 1. The number of aromatic amines is 1. The predicted molar refractivity (Wildman–Crippen MR) is 98.9 cm³/mol. The van der Waals surface area contributed by atoms with Gasteiger partial charge in [0.1, 0.15) is 0 Å². The molecule has 8 heteroatoms. The molecule has 0 aromatic carbocycles. The van der Waals surface area contributed by atoms with E-state index in [-0.39, 0.29) is 24.2 Å². The zero-order valence-electron chi connectivity index (χ0n) is 14.9. The van der Waals surface area contributed by atoms with Crippen molar-refractivity contribution in [2.75, 3.05) is 18.5 Å². The van der Waals surface area contributed by atoms with Crippen molar-refractivity contribution in [3.63, 3.8) is 0 Å². The molecule has 4 rings (SSSR count). The topological polar surface area (TPSA) is 82.2 Å². The van der Waals surface area contributed by atoms with Gasteiger partial charge < -0.3 is 4.90 Å². The summed E-state index contributed by atoms with van der Waals surface area (Å²) in [6, 6.07) is 0. The summed E-state index contributed by atoms with van der Waals surface area (Å²) in [5, 5.41) is 10.1. The van der Waals surface area contributed by atoms with Gasteiger partial charge in [0.15, 0.2) is 5.13 Å². The Bertz CT molecular complexity index is 801. The molecule has 1 aliphatic heterocycles. The Hall–Kier alpha value is -2.22. The Morgan fingerprint density at radius 1 is 1.38 bits per heavy atom. The number of carbonyl (C=O) groups is 2. The van der Waals surface area contributed by atoms with Gasteiger partial charge in [0.2, 0.25) is 11.8 Å². The lowest BCUT2D eigenvalue weighted by molar-refractivity contribution is -0.135. The Balaban J connectivity index is 1.43. The fraction of sp³-hybridized carbons (Fsp3) is 0.556. The molecule has 1 aliphatic carbocycles. The maximum absolute atomic E-state index is 12.9. The zero-order valence-corrected chi connectivity index (χ0v) is 15.7. The molecule has 138 valence electrons. The average Bonchev–Trinajstić information content (AvgIpc) is 3.32. The molecule has 1 atom stereocenters. The molecule has 2 aliphatic rings. The summed E-state index contributed by atoms with van der Waals surface area (Å²) in [5.74, 6) is -0.336. The molecule has 26 heavy (non-hydrogen) atoms. The van der Waals surface area contributed by atoms with Gasteiger partial charge in [-0.2, -0.15) is 5.10 Å². The number of hydrogen-bond donors (Lipinski definition) is 1. The highest BCUT2D eigenvalue weighted by Gasteiger charge is 2.37. The molecule has 2 amide bonds. The van der Waals surface area contributed by atoms with Crippen LogP contribution in [-0.4, -0.2) is 45.5 Å². The molecular formula is C18H23N5O2S. The highest BCUT2D eigenvalue weighted by Crippen LogP contribution is 2.28. The van der Waals surface area contributed by atoms with E-state index in [2.05, 4.69) is 15.2 Å². The van der Waals surface area contributed by atoms with Gasteiger partial charge in [0.05, 0.1) is 18.2 Å². The second-order valence-corrected chi connectivity index (χ2v) is 7.98. The lowest BCUT2D eigenvalue weighted by atomic mass is 10.1. The van der Waals surface area contributed by atoms with Crippen molar-refractivity contribution in [1.29, 1.82) is 0 Å². The fourth-order valence-corrected chi connectivity index (χ4v) is 4.55. The number of aryl methyl sites for hydroxylation is 1. The van der Waals surface area contributed by atoms with E-state index >= 15 is 0 Å². The molecule has 2 aromatic rings. The second kappa shape index (κ2) is 7.19. The largest absolute Gasteiger partial charge is 0.339 e. The van der Waals surface area contributed by atoms with E-state index in [4.69, 9.17) is 0 Å². The SMILES string of the molecule is CN(Cc1n[nH]c2c1CCCCC2)C(=O)C1CC(=O)N(c2nccs2)C1. The third-order valence-electron chi connectivity index (χ3n) is 5.28. The first-order chi connectivity index (χ1) is 12.6. The number of fused-ring (bicyclic) bond motifs is 1. The van der Waals surface area contributed by atoms with Gasteiger partial charge in [-0.15, -0.1) is 11.3 Å². The summed E-state index contributed by atoms with van der Waals surface area (Å²) in [6.45, 7) is 0.904. The van der Waals surface area contributed by atoms with Crippen molar-refractivity contribution >= 4 is 28.3 Å². The fourth-order valence-electron chi connectivity index (χ4n) is 3.88. The van der Waals surface area contributed by atoms with Crippen LogP contribution in [0.1, 0.15) is 42.6 Å². The van der Waals surface area contributed by atoms with E-state index in [1.165, 1.54) is 41.9 Å². The highest BCUT2D eigenvalue weighted by molar-refractivity contribution is 7.13. The quantitative estimate of drug-likeness (QED) is 0.833. The summed E-state index contributed by atoms with van der Waals surface area (Å²) in [4.78, 5) is 32.7. The first-order valence-corrected chi connectivity index (χ1v) is 10.0. The summed E-state index contributed by atoms with van der Waals surface area (Å²) >= 11 is 1.42. The van der Waals surface area contributed by atoms with Crippen LogP contribution in [0.5, 0.6) is 0 Å². The molecule has 1 N–H and O–H groups in total. The maximum atomic E-state index is 12.9. The number of rotatable bonds is 4. The lowest BCUT2D eigenvalue weighted by Crippen LogP contribution is -2.34. The summed E-state index contributed by atoms with van der Waals surface area (Å²) < 4.78 is 0. The zero-order chi connectivity index (χ0) is 18.1. The van der Waals surface area contributed by atoms with E-state index in [0.29, 0.717) is 18.2 Å². The molecule has 0 radical (unpaired) electrons. The molecule has 0 saturated carbocycles. The number of aromatic nitrogens is 3. The number of H-pyrrole nitrogens is 1. The van der Waals surface area contributed by atoms with Crippen molar-refractivity contribution in [3.05, 3.63) is 28.5 Å². The molecule has 3 heterocycles. The monoisotopic (exact) mass is 373 g/mol. The average molecular weight is 373 g/mol. The van der Waals surface area contributed by atoms with Gasteiger partial charge in [-0.3, -0.25) is 19.6 Å². The van der Waals surface area contributed by atoms with Crippen LogP contribution in [0.4, 0.5) is 5.13 Å². The van der Waals surface area contributed by atoms with Crippen LogP contribution in [0, 0.1) is 5.92 Å². The van der Waals surface area contributed by atoms with Crippen LogP contribution in [0.2, 0.25) is 0 Å². The van der Waals surface area contributed by atoms with Gasteiger partial charge in [-0.1, -0.05) is 6.42 Å². The Labute approximate surface area is 156 Å². The first-order valence-electron chi connectivity index (χ1n) is 9.13. The van der Waals surface area contributed by atoms with Crippen LogP contribution >= 0.6 is 11.3 Å². The van der Waals surface area contributed by atoms with Crippen LogP contribution in [0.15, 0.2) is 11.6 Å². The van der Waals surface area contributed by atoms with Crippen LogP contribution in [0.3, 0.4) is 0 Å². The molecule has 0 bridgehead atoms. The van der Waals surface area contributed by atoms with E-state index in [0.717, 1.165) is 18.5 Å². The minimum atomic E-state index is -0.311.